The molecule has 3 nitrogen and oxygen atoms in total. The second kappa shape index (κ2) is 14.1. The summed E-state index contributed by atoms with van der Waals surface area (Å²) in [4.78, 5) is 8.48. The molecule has 0 N–H and O–H groups in total. The minimum atomic E-state index is -0.957. The zero-order valence-corrected chi connectivity index (χ0v) is 21.9. The molecule has 0 fully saturated rings. The van der Waals surface area contributed by atoms with Crippen molar-refractivity contribution < 1.29 is 13.5 Å². The van der Waals surface area contributed by atoms with Crippen molar-refractivity contribution in [2.24, 2.45) is 15.9 Å². The molecule has 0 radical (unpaired) electrons. The Kier molecular flexibility index (Phi) is 11.2. The summed E-state index contributed by atoms with van der Waals surface area (Å²) in [7, 11) is 3.33. The number of halogens is 2. The van der Waals surface area contributed by atoms with Gasteiger partial charge in [-0.2, -0.15) is 0 Å². The molecule has 0 heterocycles. The summed E-state index contributed by atoms with van der Waals surface area (Å²) in [5.74, 6) is -0.616. The number of nitrogens with zero attached hydrogens (tertiary/aromatic N) is 2. The summed E-state index contributed by atoms with van der Waals surface area (Å²) in [6.45, 7) is 14.2. The largest absolute Gasteiger partial charge is 0.501 e. The standard InChI is InChI=1S/C31H36F2N2O/c1-21-14-16-26(17-15-21)24(4)19-27(36-7)18-22(2)10-8-11-23(3)30(20-34-6)35-25(5)28-12-9-13-29(32)31(28)33/h9,11-17,19-20,22H,4-5,8,10,18H2,1-3,6-7H3/b23-11-,27-19-,34-20?,35-30?. The first kappa shape index (κ1) is 28.6. The molecule has 36 heavy (non-hydrogen) atoms. The van der Waals surface area contributed by atoms with E-state index < -0.39 is 11.6 Å². The molecule has 190 valence electrons. The molecule has 0 aliphatic carbocycles. The van der Waals surface area contributed by atoms with Crippen LogP contribution >= 0.6 is 0 Å². The van der Waals surface area contributed by atoms with Gasteiger partial charge in [0.25, 0.3) is 0 Å². The van der Waals surface area contributed by atoms with E-state index in [-0.39, 0.29) is 11.3 Å². The number of ether oxygens (including phenoxy) is 1. The van der Waals surface area contributed by atoms with E-state index in [0.29, 0.717) is 11.6 Å². The van der Waals surface area contributed by atoms with Crippen molar-refractivity contribution in [1.82, 2.24) is 0 Å². The number of aryl methyl sites for hydroxylation is 1. The SMILES string of the molecule is C=C(/C=C(/CC(C)CC/C=C(/C)C(C=NC)=NC(=C)c1cccc(F)c1F)OC)c1ccc(C)cc1. The molecule has 0 aliphatic rings. The van der Waals surface area contributed by atoms with Gasteiger partial charge in [-0.1, -0.05) is 62.1 Å². The lowest BCUT2D eigenvalue weighted by molar-refractivity contribution is 0.260. The van der Waals surface area contributed by atoms with Crippen LogP contribution < -0.4 is 0 Å². The van der Waals surface area contributed by atoms with Crippen LogP contribution in [0.1, 0.15) is 49.8 Å². The van der Waals surface area contributed by atoms with Crippen molar-refractivity contribution in [3.8, 4) is 0 Å². The summed E-state index contributed by atoms with van der Waals surface area (Å²) in [5, 5.41) is 0. The molecular formula is C31H36F2N2O. The predicted molar refractivity (Wildman–Crippen MR) is 149 cm³/mol. The van der Waals surface area contributed by atoms with Crippen molar-refractivity contribution in [2.45, 2.75) is 40.0 Å². The van der Waals surface area contributed by atoms with E-state index in [0.717, 1.165) is 47.8 Å². The van der Waals surface area contributed by atoms with Gasteiger partial charge in [0, 0.05) is 25.2 Å². The van der Waals surface area contributed by atoms with Gasteiger partial charge in [-0.3, -0.25) is 4.99 Å². The normalized spacial score (nSPS) is 13.7. The van der Waals surface area contributed by atoms with E-state index in [2.05, 4.69) is 67.3 Å². The molecule has 0 amide bonds. The number of hydrogen-bond donors (Lipinski definition) is 0. The highest BCUT2D eigenvalue weighted by Crippen LogP contribution is 2.24. The zero-order chi connectivity index (χ0) is 26.7. The molecule has 1 unspecified atom stereocenters. The molecule has 0 saturated heterocycles. The van der Waals surface area contributed by atoms with Crippen LogP contribution in [0.15, 0.2) is 89.1 Å². The Morgan fingerprint density at radius 2 is 1.81 bits per heavy atom. The summed E-state index contributed by atoms with van der Waals surface area (Å²) in [6.07, 6.45) is 8.22. The summed E-state index contributed by atoms with van der Waals surface area (Å²) in [5.41, 5.74) is 4.83. The lowest BCUT2D eigenvalue weighted by Gasteiger charge is -2.14. The summed E-state index contributed by atoms with van der Waals surface area (Å²) >= 11 is 0. The number of aliphatic imine (C=N–C) groups is 2. The molecule has 0 aliphatic heterocycles. The van der Waals surface area contributed by atoms with E-state index in [1.54, 1.807) is 20.4 Å². The van der Waals surface area contributed by atoms with E-state index in [1.165, 1.54) is 17.7 Å². The highest BCUT2D eigenvalue weighted by Gasteiger charge is 2.12. The number of methoxy groups -OCH3 is 1. The molecular weight excluding hydrogens is 454 g/mol. The first-order valence-corrected chi connectivity index (χ1v) is 12.0. The molecule has 0 aromatic heterocycles. The van der Waals surface area contributed by atoms with Gasteiger partial charge in [0.15, 0.2) is 11.6 Å². The lowest BCUT2D eigenvalue weighted by Crippen LogP contribution is -2.04. The first-order chi connectivity index (χ1) is 17.2. The van der Waals surface area contributed by atoms with Gasteiger partial charge in [0.05, 0.1) is 24.3 Å². The van der Waals surface area contributed by atoms with Crippen LogP contribution in [0.3, 0.4) is 0 Å². The molecule has 5 heteroatoms. The van der Waals surface area contributed by atoms with Gasteiger partial charge in [0.1, 0.15) is 0 Å². The van der Waals surface area contributed by atoms with E-state index in [9.17, 15) is 8.78 Å². The van der Waals surface area contributed by atoms with Crippen LogP contribution in [0.25, 0.3) is 11.3 Å². The van der Waals surface area contributed by atoms with Crippen LogP contribution in [0.2, 0.25) is 0 Å². The third-order valence-corrected chi connectivity index (χ3v) is 5.85. The molecule has 1 atom stereocenters. The van der Waals surface area contributed by atoms with Gasteiger partial charge < -0.3 is 4.74 Å². The highest BCUT2D eigenvalue weighted by molar-refractivity contribution is 6.38. The quantitative estimate of drug-likeness (QED) is 0.167. The Morgan fingerprint density at radius 1 is 1.11 bits per heavy atom. The number of hydrogen-bond acceptors (Lipinski definition) is 3. The van der Waals surface area contributed by atoms with Crippen LogP contribution in [0.4, 0.5) is 8.78 Å². The van der Waals surface area contributed by atoms with Crippen molar-refractivity contribution in [3.05, 3.63) is 107 Å². The maximum absolute atomic E-state index is 14.1. The number of rotatable bonds is 12. The van der Waals surface area contributed by atoms with Crippen LogP contribution in [0.5, 0.6) is 0 Å². The second-order valence-corrected chi connectivity index (χ2v) is 8.91. The monoisotopic (exact) mass is 490 g/mol. The minimum Gasteiger partial charge on any atom is -0.501 e. The van der Waals surface area contributed by atoms with Crippen molar-refractivity contribution in [1.29, 1.82) is 0 Å². The maximum Gasteiger partial charge on any atom is 0.168 e. The molecule has 2 rings (SSSR count). The summed E-state index contributed by atoms with van der Waals surface area (Å²) < 4.78 is 33.3. The second-order valence-electron chi connectivity index (χ2n) is 8.91. The molecule has 0 bridgehead atoms. The van der Waals surface area contributed by atoms with Crippen LogP contribution in [-0.4, -0.2) is 26.1 Å². The van der Waals surface area contributed by atoms with E-state index in [4.69, 9.17) is 4.74 Å². The third kappa shape index (κ3) is 8.56. The average molecular weight is 491 g/mol. The smallest absolute Gasteiger partial charge is 0.168 e. The summed E-state index contributed by atoms with van der Waals surface area (Å²) in [6, 6.07) is 12.2. The predicted octanol–water partition coefficient (Wildman–Crippen LogP) is 8.38. The van der Waals surface area contributed by atoms with Gasteiger partial charge in [0.2, 0.25) is 0 Å². The van der Waals surface area contributed by atoms with Crippen LogP contribution in [0, 0.1) is 24.5 Å². The third-order valence-electron chi connectivity index (χ3n) is 5.85. The van der Waals surface area contributed by atoms with Gasteiger partial charge >= 0.3 is 0 Å². The fourth-order valence-electron chi connectivity index (χ4n) is 3.65. The topological polar surface area (TPSA) is 34.0 Å². The fourth-order valence-corrected chi connectivity index (χ4v) is 3.65. The lowest BCUT2D eigenvalue weighted by atomic mass is 9.97. The molecule has 0 spiro atoms. The molecule has 0 saturated carbocycles. The van der Waals surface area contributed by atoms with Gasteiger partial charge in [-0.15, -0.1) is 0 Å². The first-order valence-electron chi connectivity index (χ1n) is 12.0. The maximum atomic E-state index is 14.1. The van der Waals surface area contributed by atoms with Crippen molar-refractivity contribution >= 4 is 23.2 Å². The number of benzene rings is 2. The average Bonchev–Trinajstić information content (AvgIpc) is 2.85. The molecule has 2 aromatic rings. The minimum absolute atomic E-state index is 0.0320. The highest BCUT2D eigenvalue weighted by atomic mass is 19.2. The molecule has 2 aromatic carbocycles. The van der Waals surface area contributed by atoms with Crippen molar-refractivity contribution in [2.75, 3.05) is 14.2 Å². The Morgan fingerprint density at radius 3 is 2.44 bits per heavy atom. The van der Waals surface area contributed by atoms with Gasteiger partial charge in [-0.25, -0.2) is 13.8 Å². The Hall–Kier alpha value is -3.60. The Balaban J connectivity index is 2.03. The zero-order valence-electron chi connectivity index (χ0n) is 21.9. The van der Waals surface area contributed by atoms with Crippen molar-refractivity contribution in [3.63, 3.8) is 0 Å². The number of allylic oxidation sites excluding steroid dienone is 5. The fraction of sp³-hybridized carbons (Fsp3) is 0.290. The Bertz CT molecular complexity index is 1190. The van der Waals surface area contributed by atoms with Gasteiger partial charge in [-0.05, 0) is 67.5 Å². The van der Waals surface area contributed by atoms with Crippen LogP contribution in [-0.2, 0) is 4.74 Å². The van der Waals surface area contributed by atoms with E-state index in [1.807, 2.05) is 13.0 Å². The Labute approximate surface area is 214 Å². The van der Waals surface area contributed by atoms with E-state index >= 15 is 0 Å².